The van der Waals surface area contributed by atoms with E-state index < -0.39 is 0 Å². The summed E-state index contributed by atoms with van der Waals surface area (Å²) in [5, 5.41) is 13.3. The van der Waals surface area contributed by atoms with E-state index in [1.54, 1.807) is 17.0 Å². The number of carbonyl (C=O) groups excluding carboxylic acids is 1. The van der Waals surface area contributed by atoms with Gasteiger partial charge < -0.3 is 15.1 Å². The normalized spacial score (nSPS) is 16.1. The molecule has 2 heterocycles. The quantitative estimate of drug-likeness (QED) is 0.472. The molecule has 0 bridgehead atoms. The fraction of sp³-hybridized carbons (Fsp3) is 0.179. The molecule has 0 aromatic heterocycles. The molecule has 5 rings (SSSR count). The van der Waals surface area contributed by atoms with Crippen molar-refractivity contribution >= 4 is 45.6 Å². The molecule has 0 spiro atoms. The van der Waals surface area contributed by atoms with Gasteiger partial charge in [-0.05, 0) is 54.6 Å². The van der Waals surface area contributed by atoms with E-state index in [4.69, 9.17) is 4.99 Å². The molecule has 8 heteroatoms. The van der Waals surface area contributed by atoms with Crippen molar-refractivity contribution < 1.29 is 4.79 Å². The number of hydrogen-bond acceptors (Lipinski definition) is 7. The molecular weight excluding hydrogens is 468 g/mol. The average Bonchev–Trinajstić information content (AvgIpc) is 3.33. The van der Waals surface area contributed by atoms with Crippen molar-refractivity contribution in [2.75, 3.05) is 35.8 Å². The maximum Gasteiger partial charge on any atom is 0.270 e. The number of rotatable bonds is 5. The summed E-state index contributed by atoms with van der Waals surface area (Å²) >= 11 is 1.37. The van der Waals surface area contributed by atoms with Gasteiger partial charge in [0.15, 0.2) is 5.17 Å². The van der Waals surface area contributed by atoms with Gasteiger partial charge in [-0.1, -0.05) is 42.5 Å². The number of nitriles is 1. The predicted octanol–water partition coefficient (Wildman–Crippen LogP) is 5.51. The molecule has 1 fully saturated rings. The van der Waals surface area contributed by atoms with E-state index in [0.29, 0.717) is 34.4 Å². The number of thioether (sulfide) groups is 1. The Hall–Kier alpha value is -4.22. The van der Waals surface area contributed by atoms with Gasteiger partial charge in [-0.2, -0.15) is 5.26 Å². The maximum absolute atomic E-state index is 13.9. The first-order valence-corrected chi connectivity index (χ1v) is 12.5. The van der Waals surface area contributed by atoms with Crippen LogP contribution in [0.15, 0.2) is 88.5 Å². The van der Waals surface area contributed by atoms with Crippen molar-refractivity contribution in [3.63, 3.8) is 0 Å². The molecule has 1 amide bonds. The van der Waals surface area contributed by atoms with Gasteiger partial charge in [0.05, 0.1) is 40.9 Å². The van der Waals surface area contributed by atoms with Crippen LogP contribution in [0.5, 0.6) is 0 Å². The summed E-state index contributed by atoms with van der Waals surface area (Å²) in [4.78, 5) is 25.3. The first-order chi connectivity index (χ1) is 17.5. The molecule has 3 aromatic rings. The zero-order valence-electron chi connectivity index (χ0n) is 20.4. The highest BCUT2D eigenvalue weighted by Gasteiger charge is 2.40. The van der Waals surface area contributed by atoms with Crippen LogP contribution in [0.4, 0.5) is 22.7 Å². The lowest BCUT2D eigenvalue weighted by atomic mass is 10.2. The molecule has 1 saturated heterocycles. The van der Waals surface area contributed by atoms with E-state index in [2.05, 4.69) is 33.3 Å². The van der Waals surface area contributed by atoms with Crippen molar-refractivity contribution in [2.45, 2.75) is 13.5 Å². The second kappa shape index (κ2) is 9.80. The molecule has 2 aliphatic rings. The van der Waals surface area contributed by atoms with E-state index in [1.165, 1.54) is 11.8 Å². The Morgan fingerprint density at radius 1 is 0.972 bits per heavy atom. The second-order valence-electron chi connectivity index (χ2n) is 8.51. The molecule has 7 nitrogen and oxygen atoms in total. The van der Waals surface area contributed by atoms with Crippen molar-refractivity contribution in [1.82, 2.24) is 4.90 Å². The lowest BCUT2D eigenvalue weighted by Gasteiger charge is -2.20. The zero-order chi connectivity index (χ0) is 25.2. The Balaban J connectivity index is 1.62. The Labute approximate surface area is 215 Å². The minimum Gasteiger partial charge on any atom is -0.384 e. The fourth-order valence-corrected chi connectivity index (χ4v) is 5.60. The summed E-state index contributed by atoms with van der Waals surface area (Å²) in [6.45, 7) is 3.13. The Bertz CT molecular complexity index is 1390. The minimum absolute atomic E-state index is 0.0921. The van der Waals surface area contributed by atoms with Crippen molar-refractivity contribution in [2.24, 2.45) is 4.99 Å². The van der Waals surface area contributed by atoms with Crippen LogP contribution in [-0.2, 0) is 11.3 Å². The largest absolute Gasteiger partial charge is 0.384 e. The molecule has 0 radical (unpaired) electrons. The molecule has 180 valence electrons. The Kier molecular flexibility index (Phi) is 6.40. The third-order valence-electron chi connectivity index (χ3n) is 6.20. The summed E-state index contributed by atoms with van der Waals surface area (Å²) in [5.41, 5.74) is 5.08. The number of fused-ring (bicyclic) bond motifs is 1. The van der Waals surface area contributed by atoms with Gasteiger partial charge in [0.2, 0.25) is 0 Å². The van der Waals surface area contributed by atoms with Gasteiger partial charge in [-0.15, -0.1) is 0 Å². The number of nitrogens with zero attached hydrogens (tertiary/aromatic N) is 5. The first kappa shape index (κ1) is 23.5. The van der Waals surface area contributed by atoms with Gasteiger partial charge in [0.1, 0.15) is 10.7 Å². The van der Waals surface area contributed by atoms with Crippen molar-refractivity contribution in [3.8, 4) is 6.07 Å². The highest BCUT2D eigenvalue weighted by Crippen LogP contribution is 2.45. The molecule has 0 atom stereocenters. The van der Waals surface area contributed by atoms with Crippen molar-refractivity contribution in [3.05, 3.63) is 94.6 Å². The minimum atomic E-state index is -0.0921. The fourth-order valence-electron chi connectivity index (χ4n) is 4.46. The summed E-state index contributed by atoms with van der Waals surface area (Å²) in [5.74, 6) is 0.734. The van der Waals surface area contributed by atoms with E-state index in [9.17, 15) is 10.1 Å². The summed E-state index contributed by atoms with van der Waals surface area (Å²) in [7, 11) is 3.96. The number of benzene rings is 3. The van der Waals surface area contributed by atoms with E-state index in [0.717, 1.165) is 28.4 Å². The van der Waals surface area contributed by atoms with E-state index in [-0.39, 0.29) is 5.91 Å². The van der Waals surface area contributed by atoms with Gasteiger partial charge >= 0.3 is 0 Å². The number of para-hydroxylation sites is 2. The van der Waals surface area contributed by atoms with Gasteiger partial charge in [-0.25, -0.2) is 4.99 Å². The monoisotopic (exact) mass is 494 g/mol. The third-order valence-corrected chi connectivity index (χ3v) is 7.26. The number of hydrogen-bond donors (Lipinski definition) is 1. The SMILES string of the molecule is CCNc1ccc(C#N)cc1N=C1SC(=C2N(C)c3ccccc3N2C)C(=O)N1Cc1ccccc1. The maximum atomic E-state index is 13.9. The molecule has 3 aromatic carbocycles. The standard InChI is InChI=1S/C28H26N6OS/c1-4-30-21-15-14-20(17-29)16-22(21)31-28-34(18-19-10-6-5-7-11-19)27(35)25(36-28)26-32(2)23-12-8-9-13-24(23)33(26)3/h5-16,30H,4,18H2,1-3H3. The number of nitrogens with one attached hydrogen (secondary N) is 1. The first-order valence-electron chi connectivity index (χ1n) is 11.7. The molecular formula is C28H26N6OS. The highest BCUT2D eigenvalue weighted by molar-refractivity contribution is 8.18. The molecule has 0 aliphatic carbocycles. The summed E-state index contributed by atoms with van der Waals surface area (Å²) in [6.07, 6.45) is 0. The number of amides is 1. The van der Waals surface area contributed by atoms with Gasteiger partial charge in [-0.3, -0.25) is 9.69 Å². The summed E-state index contributed by atoms with van der Waals surface area (Å²) in [6, 6.07) is 25.6. The van der Waals surface area contributed by atoms with Crippen LogP contribution >= 0.6 is 11.8 Å². The van der Waals surface area contributed by atoms with Gasteiger partial charge in [0.25, 0.3) is 5.91 Å². The van der Waals surface area contributed by atoms with Crippen LogP contribution in [0.2, 0.25) is 0 Å². The number of aliphatic imine (C=N–C) groups is 1. The molecule has 0 unspecified atom stereocenters. The predicted molar refractivity (Wildman–Crippen MR) is 147 cm³/mol. The molecule has 0 saturated carbocycles. The second-order valence-corrected chi connectivity index (χ2v) is 9.48. The van der Waals surface area contributed by atoms with E-state index in [1.807, 2.05) is 69.6 Å². The topological polar surface area (TPSA) is 75.0 Å². The number of carbonyl (C=O) groups is 1. The lowest BCUT2D eigenvalue weighted by Crippen LogP contribution is -2.31. The smallest absolute Gasteiger partial charge is 0.270 e. The van der Waals surface area contributed by atoms with Crippen LogP contribution in [0, 0.1) is 11.3 Å². The molecule has 1 N–H and O–H groups in total. The summed E-state index contributed by atoms with van der Waals surface area (Å²) < 4.78 is 0. The number of amidine groups is 1. The average molecular weight is 495 g/mol. The van der Waals surface area contributed by atoms with Crippen LogP contribution < -0.4 is 15.1 Å². The van der Waals surface area contributed by atoms with E-state index >= 15 is 0 Å². The van der Waals surface area contributed by atoms with Crippen LogP contribution in [0.25, 0.3) is 0 Å². The van der Waals surface area contributed by atoms with Crippen LogP contribution in [0.3, 0.4) is 0 Å². The third kappa shape index (κ3) is 4.18. The van der Waals surface area contributed by atoms with Gasteiger partial charge in [0, 0.05) is 20.6 Å². The molecule has 2 aliphatic heterocycles. The lowest BCUT2D eigenvalue weighted by molar-refractivity contribution is -0.122. The highest BCUT2D eigenvalue weighted by atomic mass is 32.2. The molecule has 36 heavy (non-hydrogen) atoms. The Morgan fingerprint density at radius 2 is 1.64 bits per heavy atom. The zero-order valence-corrected chi connectivity index (χ0v) is 21.2. The Morgan fingerprint density at radius 3 is 2.28 bits per heavy atom. The van der Waals surface area contributed by atoms with Crippen LogP contribution in [0.1, 0.15) is 18.1 Å². The van der Waals surface area contributed by atoms with Crippen LogP contribution in [-0.4, -0.2) is 36.6 Å². The van der Waals surface area contributed by atoms with Crippen molar-refractivity contribution in [1.29, 1.82) is 5.26 Å². The number of anilines is 3.